The maximum absolute atomic E-state index is 8.06. The molecule has 0 aromatic carbocycles. The molecule has 0 aliphatic rings. The molecular formula is C4H7BO. The molecule has 1 N–H and O–H groups in total. The minimum absolute atomic E-state index is 0.0944. The highest BCUT2D eigenvalue weighted by Crippen LogP contribution is 1.72. The summed E-state index contributed by atoms with van der Waals surface area (Å²) in [7, 11) is 5.02. The van der Waals surface area contributed by atoms with E-state index in [2.05, 4.69) is 0 Å². The minimum Gasteiger partial charge on any atom is -0.392 e. The summed E-state index contributed by atoms with van der Waals surface area (Å²) in [4.78, 5) is 0. The van der Waals surface area contributed by atoms with Gasteiger partial charge >= 0.3 is 0 Å². The fraction of sp³-hybridized carbons (Fsp3) is 0.500. The maximum atomic E-state index is 8.06. The van der Waals surface area contributed by atoms with Gasteiger partial charge in [0.2, 0.25) is 0 Å². The molecule has 0 aliphatic carbocycles. The number of hydrogen-bond acceptors (Lipinski definition) is 1. The molecule has 0 rings (SSSR count). The highest BCUT2D eigenvalue weighted by Gasteiger charge is 1.60. The van der Waals surface area contributed by atoms with Crippen LogP contribution in [0.4, 0.5) is 0 Å². The van der Waals surface area contributed by atoms with Crippen molar-refractivity contribution in [3.8, 4) is 0 Å². The summed E-state index contributed by atoms with van der Waals surface area (Å²) in [6.45, 7) is 0.0944. The SMILES string of the molecule is [B]CC=CCO. The summed E-state index contributed by atoms with van der Waals surface area (Å²) in [5.74, 6) is 0. The van der Waals surface area contributed by atoms with E-state index in [1.807, 2.05) is 0 Å². The third kappa shape index (κ3) is 3.76. The molecule has 1 nitrogen and oxygen atoms in total. The van der Waals surface area contributed by atoms with E-state index < -0.39 is 0 Å². The van der Waals surface area contributed by atoms with Crippen LogP contribution in [-0.2, 0) is 0 Å². The molecule has 0 saturated carbocycles. The van der Waals surface area contributed by atoms with Gasteiger partial charge in [0.05, 0.1) is 14.5 Å². The molecule has 0 saturated heterocycles. The van der Waals surface area contributed by atoms with Gasteiger partial charge in [-0.25, -0.2) is 0 Å². The van der Waals surface area contributed by atoms with Crippen LogP contribution in [0.25, 0.3) is 0 Å². The van der Waals surface area contributed by atoms with Gasteiger partial charge < -0.3 is 5.11 Å². The van der Waals surface area contributed by atoms with E-state index >= 15 is 0 Å². The molecule has 0 aromatic rings. The maximum Gasteiger partial charge on any atom is 0.0708 e. The first-order chi connectivity index (χ1) is 2.91. The molecule has 0 amide bonds. The minimum atomic E-state index is 0.0944. The van der Waals surface area contributed by atoms with E-state index in [9.17, 15) is 0 Å². The van der Waals surface area contributed by atoms with Crippen LogP contribution in [-0.4, -0.2) is 19.6 Å². The highest BCUT2D eigenvalue weighted by molar-refractivity contribution is 6.09. The molecule has 6 heavy (non-hydrogen) atoms. The molecule has 0 spiro atoms. The van der Waals surface area contributed by atoms with Crippen molar-refractivity contribution in [1.29, 1.82) is 0 Å². The lowest BCUT2D eigenvalue weighted by atomic mass is 10.1. The molecule has 0 aromatic heterocycles. The molecule has 0 unspecified atom stereocenters. The van der Waals surface area contributed by atoms with Crippen molar-refractivity contribution in [3.05, 3.63) is 12.2 Å². The third-order valence-corrected chi connectivity index (χ3v) is 0.408. The predicted octanol–water partition coefficient (Wildman–Crippen LogP) is 0.122. The van der Waals surface area contributed by atoms with E-state index in [0.29, 0.717) is 6.32 Å². The smallest absolute Gasteiger partial charge is 0.0708 e. The number of aliphatic hydroxyl groups excluding tert-OH is 1. The standard InChI is InChI=1S/C4H7BO/c5-3-1-2-4-6/h1-2,6H,3-4H2. The fourth-order valence-electron chi connectivity index (χ4n) is 0.171. The average Bonchev–Trinajstić information content (AvgIpc) is 1.61. The first-order valence-corrected chi connectivity index (χ1v) is 1.87. The second kappa shape index (κ2) is 4.76. The number of hydrogen-bond donors (Lipinski definition) is 1. The van der Waals surface area contributed by atoms with Gasteiger partial charge in [0.15, 0.2) is 0 Å². The second-order valence-corrected chi connectivity index (χ2v) is 0.890. The third-order valence-electron chi connectivity index (χ3n) is 0.408. The van der Waals surface area contributed by atoms with Gasteiger partial charge in [0.1, 0.15) is 0 Å². The zero-order valence-electron chi connectivity index (χ0n) is 3.59. The normalized spacial score (nSPS) is 10.2. The van der Waals surface area contributed by atoms with Gasteiger partial charge in [-0.2, -0.15) is 0 Å². The van der Waals surface area contributed by atoms with Crippen LogP contribution in [0.15, 0.2) is 12.2 Å². The second-order valence-electron chi connectivity index (χ2n) is 0.890. The molecule has 32 valence electrons. The molecule has 2 heteroatoms. The lowest BCUT2D eigenvalue weighted by Crippen LogP contribution is -1.68. The Kier molecular flexibility index (Phi) is 4.58. The van der Waals surface area contributed by atoms with E-state index in [4.69, 9.17) is 13.0 Å². The van der Waals surface area contributed by atoms with E-state index in [1.165, 1.54) is 0 Å². The van der Waals surface area contributed by atoms with Crippen LogP contribution in [0.1, 0.15) is 0 Å². The van der Waals surface area contributed by atoms with E-state index in [1.54, 1.807) is 12.2 Å². The van der Waals surface area contributed by atoms with Crippen molar-refractivity contribution >= 4 is 7.85 Å². The van der Waals surface area contributed by atoms with Crippen molar-refractivity contribution in [2.45, 2.75) is 6.32 Å². The first-order valence-electron chi connectivity index (χ1n) is 1.87. The summed E-state index contributed by atoms with van der Waals surface area (Å²) < 4.78 is 0. The van der Waals surface area contributed by atoms with Crippen LogP contribution in [0, 0.1) is 0 Å². The molecule has 0 heterocycles. The van der Waals surface area contributed by atoms with Crippen LogP contribution in [0.2, 0.25) is 6.32 Å². The van der Waals surface area contributed by atoms with Crippen LogP contribution >= 0.6 is 0 Å². The average molecular weight is 81.9 g/mol. The van der Waals surface area contributed by atoms with Gasteiger partial charge in [-0.3, -0.25) is 0 Å². The Bertz CT molecular complexity index is 36.8. The van der Waals surface area contributed by atoms with Gasteiger partial charge in [0.25, 0.3) is 0 Å². The molecule has 0 fully saturated rings. The van der Waals surface area contributed by atoms with Crippen molar-refractivity contribution in [1.82, 2.24) is 0 Å². The molecule has 2 radical (unpaired) electrons. The van der Waals surface area contributed by atoms with Crippen molar-refractivity contribution < 1.29 is 5.11 Å². The number of aliphatic hydroxyl groups is 1. The highest BCUT2D eigenvalue weighted by atomic mass is 16.2. The van der Waals surface area contributed by atoms with Gasteiger partial charge in [-0.15, -0.1) is 0 Å². The summed E-state index contributed by atoms with van der Waals surface area (Å²) >= 11 is 0. The summed E-state index contributed by atoms with van der Waals surface area (Å²) in [5, 5.41) is 8.06. The Hall–Kier alpha value is -0.235. The van der Waals surface area contributed by atoms with Gasteiger partial charge in [0, 0.05) is 0 Å². The summed E-state index contributed by atoms with van der Waals surface area (Å²) in [6, 6.07) is 0. The Balaban J connectivity index is 2.73. The van der Waals surface area contributed by atoms with Crippen LogP contribution < -0.4 is 0 Å². The molecule has 0 aliphatic heterocycles. The van der Waals surface area contributed by atoms with E-state index in [-0.39, 0.29) is 6.61 Å². The van der Waals surface area contributed by atoms with Crippen LogP contribution in [0.5, 0.6) is 0 Å². The Morgan fingerprint density at radius 2 is 2.17 bits per heavy atom. The van der Waals surface area contributed by atoms with Gasteiger partial charge in [-0.1, -0.05) is 18.5 Å². The number of rotatable bonds is 2. The van der Waals surface area contributed by atoms with Crippen molar-refractivity contribution in [2.24, 2.45) is 0 Å². The summed E-state index contributed by atoms with van der Waals surface area (Å²) in [6.07, 6.45) is 3.83. The zero-order valence-corrected chi connectivity index (χ0v) is 3.59. The lowest BCUT2D eigenvalue weighted by molar-refractivity contribution is 0.342. The molecule has 0 bridgehead atoms. The van der Waals surface area contributed by atoms with Crippen molar-refractivity contribution in [2.75, 3.05) is 6.61 Å². The fourth-order valence-corrected chi connectivity index (χ4v) is 0.171. The predicted molar refractivity (Wildman–Crippen MR) is 26.8 cm³/mol. The zero-order chi connectivity index (χ0) is 4.83. The Morgan fingerprint density at radius 3 is 2.33 bits per heavy atom. The van der Waals surface area contributed by atoms with Crippen LogP contribution in [0.3, 0.4) is 0 Å². The van der Waals surface area contributed by atoms with E-state index in [0.717, 1.165) is 0 Å². The Labute approximate surface area is 39.1 Å². The molecular weight excluding hydrogens is 74.9 g/mol. The lowest BCUT2D eigenvalue weighted by Gasteiger charge is -1.72. The van der Waals surface area contributed by atoms with Crippen molar-refractivity contribution in [3.63, 3.8) is 0 Å². The largest absolute Gasteiger partial charge is 0.392 e. The first kappa shape index (κ1) is 5.76. The summed E-state index contributed by atoms with van der Waals surface area (Å²) in [5.41, 5.74) is 0. The topological polar surface area (TPSA) is 20.2 Å². The van der Waals surface area contributed by atoms with Gasteiger partial charge in [-0.05, 0) is 0 Å². The number of allylic oxidation sites excluding steroid dienone is 1. The Morgan fingerprint density at radius 1 is 1.50 bits per heavy atom. The molecule has 0 atom stereocenters. The monoisotopic (exact) mass is 82.1 g/mol. The quantitative estimate of drug-likeness (QED) is 0.370.